The third-order valence-corrected chi connectivity index (χ3v) is 6.00. The second-order valence-corrected chi connectivity index (χ2v) is 7.32. The van der Waals surface area contributed by atoms with E-state index in [1.165, 1.54) is 5.75 Å². The van der Waals surface area contributed by atoms with E-state index in [-0.39, 0.29) is 11.5 Å². The fourth-order valence-electron chi connectivity index (χ4n) is 3.58. The number of fused-ring (bicyclic) bond motifs is 1. The number of hydrogen-bond acceptors (Lipinski definition) is 4. The zero-order valence-electron chi connectivity index (χ0n) is 12.0. The number of benzene rings is 1. The average Bonchev–Trinajstić information content (AvgIpc) is 3.13. The van der Waals surface area contributed by atoms with Crippen molar-refractivity contribution in [3.05, 3.63) is 36.1 Å². The van der Waals surface area contributed by atoms with Crippen molar-refractivity contribution >= 4 is 22.7 Å². The van der Waals surface area contributed by atoms with Gasteiger partial charge in [-0.25, -0.2) is 0 Å². The SMILES string of the molecule is OC(c1cc2ccccc2o1)C1CCOC2(CCSC2)C1. The predicted octanol–water partition coefficient (Wildman–Crippen LogP) is 3.77. The molecule has 112 valence electrons. The van der Waals surface area contributed by atoms with Crippen LogP contribution in [0.3, 0.4) is 0 Å². The molecule has 1 aromatic carbocycles. The van der Waals surface area contributed by atoms with Gasteiger partial charge in [0.15, 0.2) is 0 Å². The molecule has 2 aliphatic heterocycles. The molecule has 2 fully saturated rings. The molecular formula is C17H20O3S. The van der Waals surface area contributed by atoms with Gasteiger partial charge in [0, 0.05) is 17.7 Å². The molecule has 3 atom stereocenters. The Morgan fingerprint density at radius 1 is 1.33 bits per heavy atom. The molecule has 1 aromatic heterocycles. The summed E-state index contributed by atoms with van der Waals surface area (Å²) < 4.78 is 11.9. The number of furan rings is 1. The van der Waals surface area contributed by atoms with Gasteiger partial charge in [-0.05, 0) is 43.1 Å². The minimum absolute atomic E-state index is 0.000574. The van der Waals surface area contributed by atoms with E-state index < -0.39 is 6.10 Å². The maximum atomic E-state index is 10.7. The Bertz CT molecular complexity index is 597. The standard InChI is InChI=1S/C17H20O3S/c18-16(15-9-12-3-1-2-4-14(12)20-15)13-5-7-19-17(10-13)6-8-21-11-17/h1-4,9,13,16,18H,5-8,10-11H2. The molecule has 0 amide bonds. The van der Waals surface area contributed by atoms with Crippen LogP contribution in [0.25, 0.3) is 11.0 Å². The summed E-state index contributed by atoms with van der Waals surface area (Å²) in [5, 5.41) is 11.8. The van der Waals surface area contributed by atoms with Crippen molar-refractivity contribution in [1.82, 2.24) is 0 Å². The first-order valence-corrected chi connectivity index (χ1v) is 8.80. The highest BCUT2D eigenvalue weighted by Crippen LogP contribution is 2.44. The largest absolute Gasteiger partial charge is 0.458 e. The van der Waals surface area contributed by atoms with Crippen molar-refractivity contribution in [2.75, 3.05) is 18.1 Å². The Balaban J connectivity index is 1.57. The number of ether oxygens (including phenoxy) is 1. The Labute approximate surface area is 128 Å². The van der Waals surface area contributed by atoms with Gasteiger partial charge in [-0.1, -0.05) is 18.2 Å². The smallest absolute Gasteiger partial charge is 0.134 e. The second kappa shape index (κ2) is 5.34. The third kappa shape index (κ3) is 2.50. The molecule has 1 N–H and O–H groups in total. The van der Waals surface area contributed by atoms with Gasteiger partial charge >= 0.3 is 0 Å². The molecule has 0 radical (unpaired) electrons. The first-order valence-electron chi connectivity index (χ1n) is 7.64. The van der Waals surface area contributed by atoms with Gasteiger partial charge in [-0.2, -0.15) is 11.8 Å². The van der Waals surface area contributed by atoms with Crippen LogP contribution in [0.5, 0.6) is 0 Å². The number of thioether (sulfide) groups is 1. The molecule has 21 heavy (non-hydrogen) atoms. The van der Waals surface area contributed by atoms with E-state index in [1.54, 1.807) is 0 Å². The van der Waals surface area contributed by atoms with Crippen LogP contribution in [-0.4, -0.2) is 28.8 Å². The van der Waals surface area contributed by atoms with Gasteiger partial charge < -0.3 is 14.3 Å². The molecular weight excluding hydrogens is 284 g/mol. The molecule has 2 saturated heterocycles. The minimum Gasteiger partial charge on any atom is -0.458 e. The van der Waals surface area contributed by atoms with Crippen molar-refractivity contribution in [3.8, 4) is 0 Å². The van der Waals surface area contributed by atoms with Crippen molar-refractivity contribution in [2.45, 2.75) is 31.0 Å². The van der Waals surface area contributed by atoms with E-state index in [0.717, 1.165) is 42.6 Å². The number of aliphatic hydroxyl groups is 1. The monoisotopic (exact) mass is 304 g/mol. The van der Waals surface area contributed by atoms with Gasteiger partial charge in [0.05, 0.1) is 5.60 Å². The predicted molar refractivity (Wildman–Crippen MR) is 84.5 cm³/mol. The van der Waals surface area contributed by atoms with Crippen molar-refractivity contribution in [1.29, 1.82) is 0 Å². The number of rotatable bonds is 2. The summed E-state index contributed by atoms with van der Waals surface area (Å²) in [5.74, 6) is 3.17. The van der Waals surface area contributed by atoms with Crippen LogP contribution in [0.4, 0.5) is 0 Å². The van der Waals surface area contributed by atoms with Crippen molar-refractivity contribution in [2.24, 2.45) is 5.92 Å². The molecule has 4 heteroatoms. The zero-order chi connectivity index (χ0) is 14.3. The summed E-state index contributed by atoms with van der Waals surface area (Å²) >= 11 is 1.96. The van der Waals surface area contributed by atoms with Crippen LogP contribution in [0, 0.1) is 5.92 Å². The summed E-state index contributed by atoms with van der Waals surface area (Å²) in [6.07, 6.45) is 2.44. The summed E-state index contributed by atoms with van der Waals surface area (Å²) in [6, 6.07) is 9.90. The maximum Gasteiger partial charge on any atom is 0.134 e. The van der Waals surface area contributed by atoms with Gasteiger partial charge in [0.2, 0.25) is 0 Å². The van der Waals surface area contributed by atoms with Crippen molar-refractivity contribution in [3.63, 3.8) is 0 Å². The molecule has 1 spiro atoms. The highest BCUT2D eigenvalue weighted by molar-refractivity contribution is 7.99. The summed E-state index contributed by atoms with van der Waals surface area (Å²) in [6.45, 7) is 0.752. The lowest BCUT2D eigenvalue weighted by molar-refractivity contribution is -0.104. The Morgan fingerprint density at radius 2 is 2.24 bits per heavy atom. The van der Waals surface area contributed by atoms with Crippen LogP contribution in [0.2, 0.25) is 0 Å². The lowest BCUT2D eigenvalue weighted by Crippen LogP contribution is -2.41. The molecule has 3 heterocycles. The normalized spacial score (nSPS) is 31.0. The molecule has 2 aromatic rings. The molecule has 0 aliphatic carbocycles. The van der Waals surface area contributed by atoms with E-state index in [4.69, 9.17) is 9.15 Å². The number of para-hydroxylation sites is 1. The third-order valence-electron chi connectivity index (χ3n) is 4.78. The van der Waals surface area contributed by atoms with Crippen LogP contribution < -0.4 is 0 Å². The second-order valence-electron chi connectivity index (χ2n) is 6.22. The van der Waals surface area contributed by atoms with Gasteiger partial charge in [-0.3, -0.25) is 0 Å². The molecule has 0 saturated carbocycles. The van der Waals surface area contributed by atoms with Gasteiger partial charge in [0.25, 0.3) is 0 Å². The average molecular weight is 304 g/mol. The molecule has 3 unspecified atom stereocenters. The van der Waals surface area contributed by atoms with Crippen LogP contribution >= 0.6 is 11.8 Å². The topological polar surface area (TPSA) is 42.6 Å². The Kier molecular flexibility index (Phi) is 3.48. The highest BCUT2D eigenvalue weighted by Gasteiger charge is 2.43. The highest BCUT2D eigenvalue weighted by atomic mass is 32.2. The van der Waals surface area contributed by atoms with Crippen LogP contribution in [-0.2, 0) is 4.74 Å². The fourth-order valence-corrected chi connectivity index (χ4v) is 4.96. The van der Waals surface area contributed by atoms with E-state index in [1.807, 2.05) is 42.1 Å². The maximum absolute atomic E-state index is 10.7. The molecule has 4 rings (SSSR count). The first kappa shape index (κ1) is 13.7. The lowest BCUT2D eigenvalue weighted by atomic mass is 9.81. The summed E-state index contributed by atoms with van der Waals surface area (Å²) in [4.78, 5) is 0. The Hall–Kier alpha value is -0.970. The molecule has 3 nitrogen and oxygen atoms in total. The lowest BCUT2D eigenvalue weighted by Gasteiger charge is -2.39. The van der Waals surface area contributed by atoms with Crippen molar-refractivity contribution < 1.29 is 14.3 Å². The summed E-state index contributed by atoms with van der Waals surface area (Å²) in [7, 11) is 0. The quantitative estimate of drug-likeness (QED) is 0.917. The zero-order valence-corrected chi connectivity index (χ0v) is 12.8. The van der Waals surface area contributed by atoms with E-state index in [0.29, 0.717) is 5.76 Å². The van der Waals surface area contributed by atoms with E-state index in [2.05, 4.69) is 0 Å². The number of hydrogen-bond donors (Lipinski definition) is 1. The molecule has 0 bridgehead atoms. The van der Waals surface area contributed by atoms with Gasteiger partial charge in [-0.15, -0.1) is 0 Å². The van der Waals surface area contributed by atoms with Crippen LogP contribution in [0.15, 0.2) is 34.7 Å². The summed E-state index contributed by atoms with van der Waals surface area (Å²) in [5.41, 5.74) is 0.852. The van der Waals surface area contributed by atoms with Gasteiger partial charge in [0.1, 0.15) is 17.4 Å². The van der Waals surface area contributed by atoms with Crippen LogP contribution in [0.1, 0.15) is 31.1 Å². The fraction of sp³-hybridized carbons (Fsp3) is 0.529. The minimum atomic E-state index is -0.524. The van der Waals surface area contributed by atoms with E-state index in [9.17, 15) is 5.11 Å². The molecule has 2 aliphatic rings. The first-order chi connectivity index (χ1) is 10.3. The Morgan fingerprint density at radius 3 is 3.05 bits per heavy atom. The number of aliphatic hydroxyl groups excluding tert-OH is 1. The van der Waals surface area contributed by atoms with E-state index >= 15 is 0 Å².